The predicted molar refractivity (Wildman–Crippen MR) is 64.1 cm³/mol. The lowest BCUT2D eigenvalue weighted by atomic mass is 10.2. The van der Waals surface area contributed by atoms with Crippen LogP contribution in [0.5, 0.6) is 0 Å². The molecule has 1 unspecified atom stereocenters. The highest BCUT2D eigenvalue weighted by Gasteiger charge is 1.99. The summed E-state index contributed by atoms with van der Waals surface area (Å²) >= 11 is 0. The third-order valence-electron chi connectivity index (χ3n) is 1.79. The fourth-order valence-corrected chi connectivity index (χ4v) is 1.99. The van der Waals surface area contributed by atoms with Gasteiger partial charge in [0.1, 0.15) is 0 Å². The monoisotopic (exact) mass is 238 g/mol. The molecule has 0 spiro atoms. The number of esters is 1. The Morgan fingerprint density at radius 3 is 2.69 bits per heavy atom. The summed E-state index contributed by atoms with van der Waals surface area (Å²) in [5.41, 5.74) is 0.981. The second-order valence-electron chi connectivity index (χ2n) is 3.07. The molecule has 0 aliphatic heterocycles. The van der Waals surface area contributed by atoms with Crippen molar-refractivity contribution in [2.24, 2.45) is 0 Å². The number of hydrogen-bond acceptors (Lipinski definition) is 3. The van der Waals surface area contributed by atoms with Gasteiger partial charge in [-0.25, -0.2) is 4.79 Å². The molecule has 0 radical (unpaired) electrons. The lowest BCUT2D eigenvalue weighted by Gasteiger charge is -1.97. The molecular weight excluding hydrogens is 224 g/mol. The van der Waals surface area contributed by atoms with Crippen molar-refractivity contribution in [1.82, 2.24) is 0 Å². The molecule has 0 bridgehead atoms. The number of carbonyl (C=O) groups is 1. The van der Waals surface area contributed by atoms with Gasteiger partial charge in [-0.3, -0.25) is 4.21 Å². The van der Waals surface area contributed by atoms with Crippen LogP contribution in [0.25, 0.3) is 0 Å². The molecule has 86 valence electrons. The van der Waals surface area contributed by atoms with Crippen LogP contribution in [0.15, 0.2) is 41.8 Å². The molecule has 0 N–H and O–H groups in total. The molecule has 1 aromatic carbocycles. The molecule has 16 heavy (non-hydrogen) atoms. The average molecular weight is 238 g/mol. The van der Waals surface area contributed by atoms with E-state index in [0.717, 1.165) is 5.56 Å². The highest BCUT2D eigenvalue weighted by molar-refractivity contribution is 7.87. The second-order valence-corrected chi connectivity index (χ2v) is 4.39. The molecule has 0 saturated carbocycles. The van der Waals surface area contributed by atoms with Gasteiger partial charge in [-0.15, -0.1) is 0 Å². The zero-order chi connectivity index (χ0) is 11.8. The van der Waals surface area contributed by atoms with E-state index in [1.165, 1.54) is 11.5 Å². The van der Waals surface area contributed by atoms with Crippen LogP contribution in [-0.2, 0) is 26.1 Å². The minimum absolute atomic E-state index is 0.328. The Labute approximate surface area is 97.6 Å². The van der Waals surface area contributed by atoms with Crippen LogP contribution in [0, 0.1) is 0 Å². The van der Waals surface area contributed by atoms with Crippen molar-refractivity contribution in [3.05, 3.63) is 47.4 Å². The van der Waals surface area contributed by atoms with Crippen LogP contribution in [0.4, 0.5) is 0 Å². The van der Waals surface area contributed by atoms with E-state index in [0.29, 0.717) is 12.4 Å². The molecule has 0 fully saturated rings. The van der Waals surface area contributed by atoms with Crippen LogP contribution in [0.2, 0.25) is 0 Å². The third kappa shape index (κ3) is 4.89. The van der Waals surface area contributed by atoms with E-state index in [9.17, 15) is 9.00 Å². The fourth-order valence-electron chi connectivity index (χ4n) is 1.11. The van der Waals surface area contributed by atoms with Gasteiger partial charge in [0.05, 0.1) is 23.2 Å². The molecule has 0 aliphatic rings. The van der Waals surface area contributed by atoms with Crippen molar-refractivity contribution >= 4 is 16.8 Å². The predicted octanol–water partition coefficient (Wildman–Crippen LogP) is 2.01. The number of hydrogen-bond donors (Lipinski definition) is 0. The first-order valence-corrected chi connectivity index (χ1v) is 6.36. The van der Waals surface area contributed by atoms with Crippen LogP contribution >= 0.6 is 0 Å². The van der Waals surface area contributed by atoms with Crippen molar-refractivity contribution in [2.75, 3.05) is 6.61 Å². The Balaban J connectivity index is 2.45. The van der Waals surface area contributed by atoms with Crippen LogP contribution < -0.4 is 0 Å². The zero-order valence-electron chi connectivity index (χ0n) is 9.09. The topological polar surface area (TPSA) is 43.4 Å². The number of benzene rings is 1. The molecule has 0 amide bonds. The molecule has 1 rings (SSSR count). The van der Waals surface area contributed by atoms with E-state index < -0.39 is 16.8 Å². The largest absolute Gasteiger partial charge is 0.463 e. The summed E-state index contributed by atoms with van der Waals surface area (Å²) in [5, 5.41) is 1.37. The molecule has 0 aliphatic carbocycles. The summed E-state index contributed by atoms with van der Waals surface area (Å²) in [6, 6.07) is 9.48. The minimum Gasteiger partial charge on any atom is -0.463 e. The van der Waals surface area contributed by atoms with Crippen molar-refractivity contribution in [3.63, 3.8) is 0 Å². The van der Waals surface area contributed by atoms with E-state index in [1.807, 2.05) is 30.3 Å². The maximum atomic E-state index is 11.5. The summed E-state index contributed by atoms with van der Waals surface area (Å²) in [4.78, 5) is 11.0. The Morgan fingerprint density at radius 2 is 2.06 bits per heavy atom. The Morgan fingerprint density at radius 1 is 1.38 bits per heavy atom. The summed E-state index contributed by atoms with van der Waals surface area (Å²) in [6.07, 6.45) is 1.21. The van der Waals surface area contributed by atoms with Crippen molar-refractivity contribution in [1.29, 1.82) is 0 Å². The maximum absolute atomic E-state index is 11.5. The summed E-state index contributed by atoms with van der Waals surface area (Å²) in [6.45, 7) is 2.06. The van der Waals surface area contributed by atoms with E-state index >= 15 is 0 Å². The first-order chi connectivity index (χ1) is 7.72. The smallest absolute Gasteiger partial charge is 0.331 e. The number of ether oxygens (including phenoxy) is 1. The minimum atomic E-state index is -1.18. The normalized spacial score (nSPS) is 12.6. The van der Waals surface area contributed by atoms with Gasteiger partial charge in [0.25, 0.3) is 0 Å². The Bertz CT molecular complexity index is 385. The standard InChI is InChI=1S/C12H14O3S/c1-2-15-12(13)8-9-16(14)10-11-6-4-3-5-7-11/h3-9H,2,10H2,1H3/b9-8+. The molecule has 1 atom stereocenters. The van der Waals surface area contributed by atoms with Crippen molar-refractivity contribution in [2.45, 2.75) is 12.7 Å². The highest BCUT2D eigenvalue weighted by atomic mass is 32.2. The molecule has 3 nitrogen and oxygen atoms in total. The van der Waals surface area contributed by atoms with E-state index in [1.54, 1.807) is 6.92 Å². The molecular formula is C12H14O3S. The highest BCUT2D eigenvalue weighted by Crippen LogP contribution is 2.03. The van der Waals surface area contributed by atoms with Gasteiger partial charge < -0.3 is 4.74 Å². The quantitative estimate of drug-likeness (QED) is 0.582. The van der Waals surface area contributed by atoms with Gasteiger partial charge in [0.2, 0.25) is 0 Å². The lowest BCUT2D eigenvalue weighted by Crippen LogP contribution is -2.00. The Hall–Kier alpha value is -1.42. The van der Waals surface area contributed by atoms with Gasteiger partial charge in [0, 0.05) is 11.5 Å². The van der Waals surface area contributed by atoms with Crippen molar-refractivity contribution < 1.29 is 13.7 Å². The number of rotatable bonds is 5. The van der Waals surface area contributed by atoms with Crippen LogP contribution in [0.1, 0.15) is 12.5 Å². The fraction of sp³-hybridized carbons (Fsp3) is 0.250. The van der Waals surface area contributed by atoms with Gasteiger partial charge in [-0.2, -0.15) is 0 Å². The molecule has 4 heteroatoms. The van der Waals surface area contributed by atoms with Gasteiger partial charge in [-0.05, 0) is 12.5 Å². The van der Waals surface area contributed by atoms with Gasteiger partial charge in [0.15, 0.2) is 0 Å². The van der Waals surface area contributed by atoms with Crippen LogP contribution in [-0.4, -0.2) is 16.8 Å². The van der Waals surface area contributed by atoms with Crippen molar-refractivity contribution in [3.8, 4) is 0 Å². The first-order valence-electron chi connectivity index (χ1n) is 4.98. The summed E-state index contributed by atoms with van der Waals surface area (Å²) < 4.78 is 16.2. The van der Waals surface area contributed by atoms with E-state index in [4.69, 9.17) is 0 Å². The van der Waals surface area contributed by atoms with Gasteiger partial charge >= 0.3 is 5.97 Å². The second kappa shape index (κ2) is 6.95. The zero-order valence-corrected chi connectivity index (χ0v) is 9.91. The Kier molecular flexibility index (Phi) is 5.50. The number of carbonyl (C=O) groups excluding carboxylic acids is 1. The summed E-state index contributed by atoms with van der Waals surface area (Å²) in [5.74, 6) is -0.0413. The molecule has 0 aromatic heterocycles. The van der Waals surface area contributed by atoms with E-state index in [-0.39, 0.29) is 0 Å². The third-order valence-corrected chi connectivity index (χ3v) is 2.85. The summed E-state index contributed by atoms with van der Waals surface area (Å²) in [7, 11) is -1.18. The van der Waals surface area contributed by atoms with Gasteiger partial charge in [-0.1, -0.05) is 30.3 Å². The van der Waals surface area contributed by atoms with Crippen LogP contribution in [0.3, 0.4) is 0 Å². The molecule has 0 saturated heterocycles. The maximum Gasteiger partial charge on any atom is 0.331 e. The SMILES string of the molecule is CCOC(=O)/C=C/S(=O)Cc1ccccc1. The lowest BCUT2D eigenvalue weighted by molar-refractivity contribution is -0.137. The first kappa shape index (κ1) is 12.6. The van der Waals surface area contributed by atoms with E-state index in [2.05, 4.69) is 4.74 Å². The molecule has 0 heterocycles. The average Bonchev–Trinajstić information content (AvgIpc) is 2.28. The molecule has 1 aromatic rings.